The average Bonchev–Trinajstić information content (AvgIpc) is 3.45. The van der Waals surface area contributed by atoms with Gasteiger partial charge in [0, 0.05) is 36.3 Å². The summed E-state index contributed by atoms with van der Waals surface area (Å²) in [6.45, 7) is 8.70. The zero-order valence-corrected chi connectivity index (χ0v) is 21.3. The predicted octanol–water partition coefficient (Wildman–Crippen LogP) is 4.13. The van der Waals surface area contributed by atoms with Crippen LogP contribution in [0, 0.1) is 16.2 Å². The van der Waals surface area contributed by atoms with Crippen molar-refractivity contribution < 1.29 is 0 Å². The second-order valence-electron chi connectivity index (χ2n) is 7.60. The maximum atomic E-state index is 8.11. The van der Waals surface area contributed by atoms with Gasteiger partial charge in [-0.2, -0.15) is 15.0 Å². The van der Waals surface area contributed by atoms with E-state index in [1.54, 1.807) is 0 Å². The molecule has 0 aliphatic carbocycles. The molecule has 3 heterocycles. The van der Waals surface area contributed by atoms with E-state index in [-0.39, 0.29) is 14.4 Å². The molecule has 12 heteroatoms. The quantitative estimate of drug-likeness (QED) is 0.319. The molecule has 174 valence electrons. The van der Waals surface area contributed by atoms with Crippen LogP contribution in [-0.4, -0.2) is 26.8 Å². The van der Waals surface area contributed by atoms with E-state index in [0.29, 0.717) is 0 Å². The van der Waals surface area contributed by atoms with Gasteiger partial charge < -0.3 is 0 Å². The first-order valence-electron chi connectivity index (χ1n) is 11.0. The highest BCUT2D eigenvalue weighted by atomic mass is 32.1. The maximum absolute atomic E-state index is 8.11. The van der Waals surface area contributed by atoms with Gasteiger partial charge in [0.1, 0.15) is 0 Å². The molecule has 3 N–H and O–H groups in total. The van der Waals surface area contributed by atoms with Crippen LogP contribution in [-0.2, 0) is 19.6 Å². The van der Waals surface area contributed by atoms with Crippen LogP contribution in [0.3, 0.4) is 0 Å². The molecule has 0 amide bonds. The Bertz CT molecular complexity index is 1250. The van der Waals surface area contributed by atoms with Crippen LogP contribution in [0.5, 0.6) is 0 Å². The molecule has 0 saturated heterocycles. The van der Waals surface area contributed by atoms with E-state index in [0.717, 1.165) is 73.1 Å². The van der Waals surface area contributed by atoms with Crippen molar-refractivity contribution in [1.82, 2.24) is 26.8 Å². The monoisotopic (exact) mass is 501 g/mol. The van der Waals surface area contributed by atoms with E-state index in [1.807, 2.05) is 18.2 Å². The summed E-state index contributed by atoms with van der Waals surface area (Å²) >= 11 is 4.03. The van der Waals surface area contributed by atoms with Crippen molar-refractivity contribution >= 4 is 34.6 Å². The summed E-state index contributed by atoms with van der Waals surface area (Å²) in [5.41, 5.74) is 2.66. The molecule has 0 radical (unpaired) electrons. The number of aromatic nitrogens is 6. The number of benzene rings is 1. The molecule has 0 aliphatic heterocycles. The molecule has 0 unspecified atom stereocenters. The van der Waals surface area contributed by atoms with Crippen LogP contribution in [0.25, 0.3) is 34.2 Å². The fourth-order valence-electron chi connectivity index (χ4n) is 3.66. The first-order valence-corrected chi connectivity index (χ1v) is 13.3. The Morgan fingerprint density at radius 1 is 0.576 bits per heavy atom. The summed E-state index contributed by atoms with van der Waals surface area (Å²) in [6, 6.07) is 6.13. The first kappa shape index (κ1) is 23.5. The van der Waals surface area contributed by atoms with E-state index >= 15 is 0 Å². The topological polar surface area (TPSA) is 125 Å². The van der Waals surface area contributed by atoms with Crippen molar-refractivity contribution in [3.63, 3.8) is 0 Å². The Kier molecular flexibility index (Phi) is 7.15. The Hall–Kier alpha value is -2.70. The summed E-state index contributed by atoms with van der Waals surface area (Å²) < 4.78 is 6.16. The van der Waals surface area contributed by atoms with Crippen molar-refractivity contribution in [3.05, 3.63) is 32.6 Å². The van der Waals surface area contributed by atoms with Crippen LogP contribution < -0.4 is 14.4 Å². The van der Waals surface area contributed by atoms with Crippen molar-refractivity contribution in [2.75, 3.05) is 0 Å². The minimum Gasteiger partial charge on any atom is -0.278 e. The van der Waals surface area contributed by atoms with Crippen molar-refractivity contribution in [3.8, 4) is 34.2 Å². The highest BCUT2D eigenvalue weighted by Crippen LogP contribution is 2.32. The molecule has 4 rings (SSSR count). The molecule has 3 aromatic heterocycles. The molecule has 0 fully saturated rings. The summed E-state index contributed by atoms with van der Waals surface area (Å²) in [7, 11) is 0. The van der Waals surface area contributed by atoms with E-state index in [1.165, 1.54) is 34.6 Å². The van der Waals surface area contributed by atoms with Gasteiger partial charge in [-0.15, -0.1) is 0 Å². The average molecular weight is 502 g/mol. The molecule has 0 spiro atoms. The van der Waals surface area contributed by atoms with Gasteiger partial charge in [0.2, 0.25) is 14.4 Å². The maximum Gasteiger partial charge on any atom is 0.219 e. The number of aryl methyl sites for hydroxylation is 3. The van der Waals surface area contributed by atoms with E-state index in [9.17, 15) is 0 Å². The van der Waals surface area contributed by atoms with Crippen LogP contribution in [0.15, 0.2) is 18.2 Å². The molecule has 0 atom stereocenters. The van der Waals surface area contributed by atoms with Gasteiger partial charge in [0.05, 0.1) is 0 Å². The third kappa shape index (κ3) is 4.97. The molecule has 0 saturated carbocycles. The fourth-order valence-corrected chi connectivity index (χ4v) is 6.19. The number of hydrogen-bond acceptors (Lipinski definition) is 9. The number of rotatable bonds is 9. The lowest BCUT2D eigenvalue weighted by atomic mass is 10.0. The Morgan fingerprint density at radius 2 is 0.848 bits per heavy atom. The predicted molar refractivity (Wildman–Crippen MR) is 132 cm³/mol. The Balaban J connectivity index is 1.98. The largest absolute Gasteiger partial charge is 0.278 e. The number of nitrogens with one attached hydrogen (secondary N) is 3. The molecule has 1 aromatic carbocycles. The van der Waals surface area contributed by atoms with Crippen LogP contribution in [0.2, 0.25) is 0 Å². The van der Waals surface area contributed by atoms with Crippen LogP contribution in [0.4, 0.5) is 0 Å². The van der Waals surface area contributed by atoms with Crippen LogP contribution in [0.1, 0.15) is 40.0 Å². The van der Waals surface area contributed by atoms with Crippen molar-refractivity contribution in [1.29, 1.82) is 16.2 Å². The molecule has 33 heavy (non-hydrogen) atoms. The lowest BCUT2D eigenvalue weighted by Crippen LogP contribution is -2.02. The molecule has 4 aromatic rings. The minimum absolute atomic E-state index is 0.275. The third-order valence-electron chi connectivity index (χ3n) is 4.91. The van der Waals surface area contributed by atoms with Crippen LogP contribution >= 0.6 is 34.6 Å². The summed E-state index contributed by atoms with van der Waals surface area (Å²) in [5, 5.41) is 24.3. The minimum atomic E-state index is 0.275. The molecule has 0 aliphatic rings. The SMILES string of the molecule is CCCn1sc(=N)nc1-c1cc(-c2nc(=N)sn2CCC)cc(-c2nc(=N)sn2CCC)c1. The lowest BCUT2D eigenvalue weighted by molar-refractivity contribution is 0.727. The summed E-state index contributed by atoms with van der Waals surface area (Å²) in [6.07, 6.45) is 2.84. The Labute approximate surface area is 203 Å². The smallest absolute Gasteiger partial charge is 0.219 e. The summed E-state index contributed by atoms with van der Waals surface area (Å²) in [5.74, 6) is 2.25. The van der Waals surface area contributed by atoms with Gasteiger partial charge in [-0.25, -0.2) is 0 Å². The molecular formula is C21H27N9S3. The van der Waals surface area contributed by atoms with Gasteiger partial charge in [-0.05, 0) is 72.1 Å². The van der Waals surface area contributed by atoms with E-state index in [2.05, 4.69) is 47.6 Å². The standard InChI is InChI=1S/C21H27N9S3/c1-4-7-28-16(25-19(22)31-28)13-10-14(17-26-20(23)32-29(17)8-5-2)12-15(11-13)18-27-21(24)33-30(18)9-6-3/h10-12,22-24H,4-9H2,1-3H3. The number of hydrogen-bond donors (Lipinski definition) is 3. The summed E-state index contributed by atoms with van der Waals surface area (Å²) in [4.78, 5) is 14.4. The van der Waals surface area contributed by atoms with Crippen molar-refractivity contribution in [2.45, 2.75) is 59.7 Å². The second kappa shape index (κ2) is 10.1. The zero-order valence-electron chi connectivity index (χ0n) is 18.9. The van der Waals surface area contributed by atoms with Gasteiger partial charge >= 0.3 is 0 Å². The Morgan fingerprint density at radius 3 is 1.09 bits per heavy atom. The van der Waals surface area contributed by atoms with Gasteiger partial charge in [-0.1, -0.05) is 20.8 Å². The van der Waals surface area contributed by atoms with Gasteiger partial charge in [0.15, 0.2) is 17.5 Å². The fraction of sp³-hybridized carbons (Fsp3) is 0.429. The van der Waals surface area contributed by atoms with Gasteiger partial charge in [-0.3, -0.25) is 28.1 Å². The molecule has 9 nitrogen and oxygen atoms in total. The normalized spacial score (nSPS) is 11.4. The molecular weight excluding hydrogens is 474 g/mol. The zero-order chi connectivity index (χ0) is 23.5. The lowest BCUT2D eigenvalue weighted by Gasteiger charge is -2.12. The van der Waals surface area contributed by atoms with Crippen molar-refractivity contribution in [2.24, 2.45) is 0 Å². The van der Waals surface area contributed by atoms with Gasteiger partial charge in [0.25, 0.3) is 0 Å². The van der Waals surface area contributed by atoms with E-state index < -0.39 is 0 Å². The highest BCUT2D eigenvalue weighted by molar-refractivity contribution is 7.04. The molecule has 0 bridgehead atoms. The number of nitrogens with zero attached hydrogens (tertiary/aromatic N) is 6. The van der Waals surface area contributed by atoms with E-state index in [4.69, 9.17) is 16.2 Å². The third-order valence-corrected chi connectivity index (χ3v) is 7.43. The second-order valence-corrected chi connectivity index (χ2v) is 10.6. The first-order chi connectivity index (χ1) is 15.9. The highest BCUT2D eigenvalue weighted by Gasteiger charge is 2.18.